The van der Waals surface area contributed by atoms with Crippen molar-refractivity contribution in [1.82, 2.24) is 9.97 Å². The molecule has 0 saturated carbocycles. The van der Waals surface area contributed by atoms with Crippen LogP contribution in [0, 0.1) is 10.1 Å². The van der Waals surface area contributed by atoms with Gasteiger partial charge < -0.3 is 9.88 Å². The lowest BCUT2D eigenvalue weighted by Crippen LogP contribution is -2.30. The highest BCUT2D eigenvalue weighted by Crippen LogP contribution is 2.32. The van der Waals surface area contributed by atoms with Crippen LogP contribution in [0.15, 0.2) is 41.6 Å². The van der Waals surface area contributed by atoms with Crippen LogP contribution in [-0.2, 0) is 11.2 Å². The van der Waals surface area contributed by atoms with Gasteiger partial charge in [-0.05, 0) is 36.2 Å². The van der Waals surface area contributed by atoms with Gasteiger partial charge in [-0.15, -0.1) is 0 Å². The molecule has 3 aromatic rings. The number of carbonyl (C=O) groups is 1. The van der Waals surface area contributed by atoms with Gasteiger partial charge >= 0.3 is 0 Å². The largest absolute Gasteiger partial charge is 0.333 e. The van der Waals surface area contributed by atoms with Gasteiger partial charge in [-0.25, -0.2) is 4.98 Å². The van der Waals surface area contributed by atoms with E-state index in [0.29, 0.717) is 23.1 Å². The Kier molecular flexibility index (Phi) is 4.29. The van der Waals surface area contributed by atoms with Crippen molar-refractivity contribution in [2.24, 2.45) is 0 Å². The molecule has 9 heteroatoms. The third-order valence-corrected chi connectivity index (χ3v) is 5.32. The molecular weight excluding hydrogens is 376 g/mol. The maximum absolute atomic E-state index is 12.6. The summed E-state index contributed by atoms with van der Waals surface area (Å²) in [5, 5.41) is 12.1. The molecule has 1 aliphatic heterocycles. The molecule has 0 fully saturated rings. The molecule has 1 aliphatic rings. The standard InChI is InChI=1S/C17H13ClN4O3S/c18-11-1-3-13-14(8-11)20-17(19-13)26-9-16(23)21-6-5-10-7-12(22(24)25)2-4-15(10)21/h1-4,7-8H,5-6,9H2,(H,19,20). The number of hydrogen-bond donors (Lipinski definition) is 1. The molecule has 0 atom stereocenters. The number of nitrogens with zero attached hydrogens (tertiary/aromatic N) is 3. The number of halogens is 1. The van der Waals surface area contributed by atoms with E-state index in [1.807, 2.05) is 6.07 Å². The minimum atomic E-state index is -0.422. The number of rotatable bonds is 4. The average Bonchev–Trinajstić information content (AvgIpc) is 3.22. The van der Waals surface area contributed by atoms with Crippen LogP contribution in [0.5, 0.6) is 0 Å². The van der Waals surface area contributed by atoms with Crippen molar-refractivity contribution in [3.63, 3.8) is 0 Å². The second-order valence-electron chi connectivity index (χ2n) is 5.86. The first kappa shape index (κ1) is 16.9. The highest BCUT2D eigenvalue weighted by molar-refractivity contribution is 7.99. The van der Waals surface area contributed by atoms with E-state index in [0.717, 1.165) is 22.3 Å². The zero-order valence-corrected chi connectivity index (χ0v) is 15.0. The van der Waals surface area contributed by atoms with Gasteiger partial charge in [0.1, 0.15) is 0 Å². The van der Waals surface area contributed by atoms with Gasteiger partial charge in [0.2, 0.25) is 5.91 Å². The minimum Gasteiger partial charge on any atom is -0.333 e. The summed E-state index contributed by atoms with van der Waals surface area (Å²) in [5.74, 6) is 0.172. The number of aromatic amines is 1. The summed E-state index contributed by atoms with van der Waals surface area (Å²) in [6, 6.07) is 10.00. The number of nitro benzene ring substituents is 1. The molecule has 7 nitrogen and oxygen atoms in total. The summed E-state index contributed by atoms with van der Waals surface area (Å²) in [6.07, 6.45) is 0.622. The highest BCUT2D eigenvalue weighted by Gasteiger charge is 2.26. The first-order valence-electron chi connectivity index (χ1n) is 7.87. The van der Waals surface area contributed by atoms with Crippen LogP contribution in [-0.4, -0.2) is 33.1 Å². The maximum Gasteiger partial charge on any atom is 0.269 e. The van der Waals surface area contributed by atoms with Crippen molar-refractivity contribution in [3.05, 3.63) is 57.1 Å². The number of aromatic nitrogens is 2. The van der Waals surface area contributed by atoms with Crippen LogP contribution in [0.25, 0.3) is 11.0 Å². The fourth-order valence-electron chi connectivity index (χ4n) is 3.00. The lowest BCUT2D eigenvalue weighted by atomic mass is 10.1. The summed E-state index contributed by atoms with van der Waals surface area (Å²) < 4.78 is 0. The quantitative estimate of drug-likeness (QED) is 0.417. The van der Waals surface area contributed by atoms with Crippen LogP contribution in [0.3, 0.4) is 0 Å². The van der Waals surface area contributed by atoms with E-state index in [9.17, 15) is 14.9 Å². The van der Waals surface area contributed by atoms with Gasteiger partial charge in [0.15, 0.2) is 5.16 Å². The number of anilines is 1. The van der Waals surface area contributed by atoms with Crippen LogP contribution in [0.4, 0.5) is 11.4 Å². The molecule has 132 valence electrons. The first-order chi connectivity index (χ1) is 12.5. The highest BCUT2D eigenvalue weighted by atomic mass is 35.5. The predicted octanol–water partition coefficient (Wildman–Crippen LogP) is 3.81. The van der Waals surface area contributed by atoms with E-state index < -0.39 is 4.92 Å². The molecule has 26 heavy (non-hydrogen) atoms. The van der Waals surface area contributed by atoms with E-state index in [1.165, 1.54) is 17.8 Å². The number of fused-ring (bicyclic) bond motifs is 2. The van der Waals surface area contributed by atoms with Crippen molar-refractivity contribution < 1.29 is 9.72 Å². The van der Waals surface area contributed by atoms with E-state index in [4.69, 9.17) is 11.6 Å². The predicted molar refractivity (Wildman–Crippen MR) is 101 cm³/mol. The summed E-state index contributed by atoms with van der Waals surface area (Å²) in [5.41, 5.74) is 3.25. The maximum atomic E-state index is 12.6. The second-order valence-corrected chi connectivity index (χ2v) is 7.26. The minimum absolute atomic E-state index is 0.0494. The van der Waals surface area contributed by atoms with Crippen LogP contribution in [0.1, 0.15) is 5.56 Å². The Balaban J connectivity index is 1.46. The van der Waals surface area contributed by atoms with Gasteiger partial charge in [0.05, 0.1) is 21.7 Å². The fraction of sp³-hybridized carbons (Fsp3) is 0.176. The third kappa shape index (κ3) is 3.13. The Morgan fingerprint density at radius 2 is 2.19 bits per heavy atom. The van der Waals surface area contributed by atoms with Gasteiger partial charge in [-0.3, -0.25) is 14.9 Å². The number of amides is 1. The van der Waals surface area contributed by atoms with Crippen LogP contribution in [0.2, 0.25) is 5.02 Å². The van der Waals surface area contributed by atoms with E-state index in [2.05, 4.69) is 9.97 Å². The van der Waals surface area contributed by atoms with Gasteiger partial charge in [-0.1, -0.05) is 23.4 Å². The molecule has 0 bridgehead atoms. The third-order valence-electron chi connectivity index (χ3n) is 4.23. The molecule has 2 aromatic carbocycles. The smallest absolute Gasteiger partial charge is 0.269 e. The summed E-state index contributed by atoms with van der Waals surface area (Å²) >= 11 is 7.28. The lowest BCUT2D eigenvalue weighted by molar-refractivity contribution is -0.384. The van der Waals surface area contributed by atoms with Crippen molar-refractivity contribution in [2.45, 2.75) is 11.6 Å². The number of carbonyl (C=O) groups excluding carboxylic acids is 1. The van der Waals surface area contributed by atoms with Crippen molar-refractivity contribution in [1.29, 1.82) is 0 Å². The van der Waals surface area contributed by atoms with Gasteiger partial charge in [-0.2, -0.15) is 0 Å². The number of thioether (sulfide) groups is 1. The molecule has 0 spiro atoms. The van der Waals surface area contributed by atoms with Crippen LogP contribution >= 0.6 is 23.4 Å². The second kappa shape index (κ2) is 6.62. The van der Waals surface area contributed by atoms with E-state index in [-0.39, 0.29) is 17.3 Å². The number of non-ortho nitro benzene ring substituents is 1. The molecular formula is C17H13ClN4O3S. The van der Waals surface area contributed by atoms with Crippen molar-refractivity contribution >= 4 is 51.7 Å². The molecule has 1 amide bonds. The number of hydrogen-bond acceptors (Lipinski definition) is 5. The summed E-state index contributed by atoms with van der Waals surface area (Å²) in [7, 11) is 0. The van der Waals surface area contributed by atoms with Crippen molar-refractivity contribution in [2.75, 3.05) is 17.2 Å². The SMILES string of the molecule is O=C(CSc1nc2ccc(Cl)cc2[nH]1)N1CCc2cc([N+](=O)[O-])ccc21. The molecule has 4 rings (SSSR count). The Bertz CT molecular complexity index is 1040. The lowest BCUT2D eigenvalue weighted by Gasteiger charge is -2.16. The zero-order chi connectivity index (χ0) is 18.3. The number of nitro groups is 1. The fourth-order valence-corrected chi connectivity index (χ4v) is 3.93. The average molecular weight is 389 g/mol. The Labute approximate surface area is 157 Å². The molecule has 0 unspecified atom stereocenters. The Morgan fingerprint density at radius 1 is 1.35 bits per heavy atom. The van der Waals surface area contributed by atoms with E-state index in [1.54, 1.807) is 29.2 Å². The molecule has 2 heterocycles. The number of benzene rings is 2. The summed E-state index contributed by atoms with van der Waals surface area (Å²) in [4.78, 5) is 32.3. The first-order valence-corrected chi connectivity index (χ1v) is 9.23. The molecule has 0 radical (unpaired) electrons. The molecule has 0 aliphatic carbocycles. The normalized spacial score (nSPS) is 13.2. The number of H-pyrrole nitrogens is 1. The Hall–Kier alpha value is -2.58. The zero-order valence-electron chi connectivity index (χ0n) is 13.4. The van der Waals surface area contributed by atoms with Crippen LogP contribution < -0.4 is 4.90 Å². The summed E-state index contributed by atoms with van der Waals surface area (Å²) in [6.45, 7) is 0.533. The molecule has 1 aromatic heterocycles. The van der Waals surface area contributed by atoms with E-state index >= 15 is 0 Å². The topological polar surface area (TPSA) is 92.1 Å². The van der Waals surface area contributed by atoms with Gasteiger partial charge in [0.25, 0.3) is 5.69 Å². The molecule has 1 N–H and O–H groups in total. The van der Waals surface area contributed by atoms with Gasteiger partial charge in [0, 0.05) is 29.4 Å². The monoisotopic (exact) mass is 388 g/mol. The Morgan fingerprint density at radius 3 is 3.00 bits per heavy atom. The number of nitrogens with one attached hydrogen (secondary N) is 1. The van der Waals surface area contributed by atoms with Crippen molar-refractivity contribution in [3.8, 4) is 0 Å². The molecule has 0 saturated heterocycles. The number of imidazole rings is 1.